The molecule has 0 spiro atoms. The Bertz CT molecular complexity index is 670. The monoisotopic (exact) mass is 406 g/mol. The first-order chi connectivity index (χ1) is 13.5. The van der Waals surface area contributed by atoms with E-state index < -0.39 is 35.4 Å². The molecule has 0 aromatic heterocycles. The van der Waals surface area contributed by atoms with E-state index in [1.54, 1.807) is 20.8 Å². The molecule has 0 aliphatic carbocycles. The highest BCUT2D eigenvalue weighted by Gasteiger charge is 2.34. The van der Waals surface area contributed by atoms with Crippen LogP contribution in [0.1, 0.15) is 58.9 Å². The fraction of sp³-hybridized carbons (Fsp3) is 0.591. The van der Waals surface area contributed by atoms with E-state index in [9.17, 15) is 19.5 Å². The van der Waals surface area contributed by atoms with Crippen molar-refractivity contribution in [1.29, 1.82) is 0 Å². The van der Waals surface area contributed by atoms with Gasteiger partial charge in [-0.05, 0) is 52.0 Å². The number of carbonyl (C=O) groups excluding carboxylic acids is 2. The lowest BCUT2D eigenvalue weighted by Crippen LogP contribution is -2.48. The number of hydrogen-bond donors (Lipinski definition) is 3. The molecule has 0 saturated carbocycles. The van der Waals surface area contributed by atoms with Crippen molar-refractivity contribution in [3.63, 3.8) is 0 Å². The topological polar surface area (TPSA) is 119 Å². The van der Waals surface area contributed by atoms with E-state index in [1.165, 1.54) is 0 Å². The lowest BCUT2D eigenvalue weighted by atomic mass is 9.88. The van der Waals surface area contributed by atoms with Gasteiger partial charge >= 0.3 is 12.1 Å². The van der Waals surface area contributed by atoms with Gasteiger partial charge in [0.25, 0.3) is 0 Å². The summed E-state index contributed by atoms with van der Waals surface area (Å²) in [6, 6.07) is 7.98. The van der Waals surface area contributed by atoms with E-state index >= 15 is 0 Å². The number of ether oxygens (including phenoxy) is 1. The van der Waals surface area contributed by atoms with Gasteiger partial charge in [-0.1, -0.05) is 43.7 Å². The zero-order chi connectivity index (χ0) is 22.0. The molecule has 0 aliphatic heterocycles. The molecule has 7 nitrogen and oxygen atoms in total. The minimum absolute atomic E-state index is 0.136. The molecular weight excluding hydrogens is 372 g/mol. The summed E-state index contributed by atoms with van der Waals surface area (Å²) in [6.45, 7) is 7.15. The molecule has 162 valence electrons. The molecule has 4 N–H and O–H groups in total. The van der Waals surface area contributed by atoms with Gasteiger partial charge in [0.15, 0.2) is 5.78 Å². The Balaban J connectivity index is 2.98. The molecule has 0 radical (unpaired) electrons. The van der Waals surface area contributed by atoms with Crippen LogP contribution in [0.2, 0.25) is 0 Å². The van der Waals surface area contributed by atoms with E-state index in [0.717, 1.165) is 18.4 Å². The molecular formula is C22H34N2O5. The van der Waals surface area contributed by atoms with Gasteiger partial charge in [0, 0.05) is 6.04 Å². The highest BCUT2D eigenvalue weighted by atomic mass is 16.6. The summed E-state index contributed by atoms with van der Waals surface area (Å²) in [5.74, 6) is -2.99. The fourth-order valence-corrected chi connectivity index (χ4v) is 3.05. The number of alkyl carbamates (subject to hydrolysis) is 1. The third-order valence-electron chi connectivity index (χ3n) is 4.44. The highest BCUT2D eigenvalue weighted by Crippen LogP contribution is 2.17. The van der Waals surface area contributed by atoms with Gasteiger partial charge < -0.3 is 20.9 Å². The summed E-state index contributed by atoms with van der Waals surface area (Å²) in [5, 5.41) is 12.2. The zero-order valence-electron chi connectivity index (χ0n) is 17.8. The summed E-state index contributed by atoms with van der Waals surface area (Å²) in [6.07, 6.45) is 1.66. The number of nitrogens with one attached hydrogen (secondary N) is 1. The number of carboxylic acids is 1. The Kier molecular flexibility index (Phi) is 9.81. The lowest BCUT2D eigenvalue weighted by molar-refractivity contribution is -0.147. The second-order valence-corrected chi connectivity index (χ2v) is 8.31. The van der Waals surface area contributed by atoms with Crippen LogP contribution in [-0.2, 0) is 20.7 Å². The van der Waals surface area contributed by atoms with E-state index in [4.69, 9.17) is 10.5 Å². The van der Waals surface area contributed by atoms with Crippen LogP contribution < -0.4 is 11.1 Å². The molecule has 0 fully saturated rings. The minimum atomic E-state index is -1.23. The average molecular weight is 407 g/mol. The number of aliphatic carboxylic acids is 1. The van der Waals surface area contributed by atoms with Crippen LogP contribution in [0.15, 0.2) is 30.3 Å². The average Bonchev–Trinajstić information content (AvgIpc) is 2.60. The maximum atomic E-state index is 13.1. The maximum Gasteiger partial charge on any atom is 0.408 e. The Hall–Kier alpha value is -2.41. The van der Waals surface area contributed by atoms with E-state index in [0.29, 0.717) is 6.42 Å². The van der Waals surface area contributed by atoms with Crippen molar-refractivity contribution in [1.82, 2.24) is 5.32 Å². The largest absolute Gasteiger partial charge is 0.481 e. The predicted octanol–water partition coefficient (Wildman–Crippen LogP) is 3.30. The predicted molar refractivity (Wildman–Crippen MR) is 112 cm³/mol. The summed E-state index contributed by atoms with van der Waals surface area (Å²) in [7, 11) is 0. The molecule has 0 aliphatic rings. The van der Waals surface area contributed by atoms with Crippen molar-refractivity contribution in [3.05, 3.63) is 35.9 Å². The number of benzene rings is 1. The lowest BCUT2D eigenvalue weighted by Gasteiger charge is -2.25. The molecule has 0 saturated heterocycles. The smallest absolute Gasteiger partial charge is 0.408 e. The van der Waals surface area contributed by atoms with Gasteiger partial charge in [-0.3, -0.25) is 9.59 Å². The van der Waals surface area contributed by atoms with Gasteiger partial charge in [0.2, 0.25) is 0 Å². The molecule has 1 rings (SSSR count). The van der Waals surface area contributed by atoms with Crippen LogP contribution in [0, 0.1) is 5.92 Å². The molecule has 3 atom stereocenters. The highest BCUT2D eigenvalue weighted by molar-refractivity contribution is 6.02. The first kappa shape index (κ1) is 24.6. The summed E-state index contributed by atoms with van der Waals surface area (Å²) < 4.78 is 5.26. The quantitative estimate of drug-likeness (QED) is 0.485. The molecule has 1 aromatic carbocycles. The summed E-state index contributed by atoms with van der Waals surface area (Å²) >= 11 is 0. The van der Waals surface area contributed by atoms with Crippen molar-refractivity contribution in [2.75, 3.05) is 0 Å². The van der Waals surface area contributed by atoms with Crippen LogP contribution in [-0.4, -0.2) is 40.6 Å². The van der Waals surface area contributed by atoms with Crippen LogP contribution in [0.3, 0.4) is 0 Å². The third kappa shape index (κ3) is 9.56. The number of ketones is 1. The number of nitrogens with two attached hydrogens (primary N) is 1. The van der Waals surface area contributed by atoms with Crippen LogP contribution >= 0.6 is 0 Å². The number of rotatable bonds is 11. The van der Waals surface area contributed by atoms with Gasteiger partial charge in [-0.25, -0.2) is 4.79 Å². The Labute approximate surface area is 173 Å². The second kappa shape index (κ2) is 11.6. The van der Waals surface area contributed by atoms with Crippen LogP contribution in [0.25, 0.3) is 0 Å². The SMILES string of the molecule is CCCC(N)CCC(C(=O)O)C(=O)[C@H](Cc1ccccc1)NC(=O)OC(C)(C)C. The van der Waals surface area contributed by atoms with Gasteiger partial charge in [-0.15, -0.1) is 0 Å². The van der Waals surface area contributed by atoms with Gasteiger partial charge in [-0.2, -0.15) is 0 Å². The third-order valence-corrected chi connectivity index (χ3v) is 4.44. The maximum absolute atomic E-state index is 13.1. The Morgan fingerprint density at radius 2 is 1.72 bits per heavy atom. The minimum Gasteiger partial charge on any atom is -0.481 e. The normalized spacial score (nSPS) is 14.5. The molecule has 0 heterocycles. The van der Waals surface area contributed by atoms with Gasteiger partial charge in [0.1, 0.15) is 11.5 Å². The van der Waals surface area contributed by atoms with Crippen molar-refractivity contribution < 1.29 is 24.2 Å². The number of Topliss-reactive ketones (excluding diaryl/α,β-unsaturated/α-hetero) is 1. The Morgan fingerprint density at radius 1 is 1.10 bits per heavy atom. The molecule has 29 heavy (non-hydrogen) atoms. The first-order valence-corrected chi connectivity index (χ1v) is 10.1. The zero-order valence-corrected chi connectivity index (χ0v) is 17.8. The van der Waals surface area contributed by atoms with Crippen molar-refractivity contribution in [2.24, 2.45) is 11.7 Å². The molecule has 1 aromatic rings. The summed E-state index contributed by atoms with van der Waals surface area (Å²) in [4.78, 5) is 37.1. The Morgan fingerprint density at radius 3 is 2.24 bits per heavy atom. The van der Waals surface area contributed by atoms with Crippen molar-refractivity contribution >= 4 is 17.8 Å². The fourth-order valence-electron chi connectivity index (χ4n) is 3.05. The first-order valence-electron chi connectivity index (χ1n) is 10.1. The standard InChI is InChI=1S/C22H34N2O5/c1-5-9-16(23)12-13-17(20(26)27)19(25)18(14-15-10-7-6-8-11-15)24-21(28)29-22(2,3)4/h6-8,10-11,16-18H,5,9,12-14,23H2,1-4H3,(H,24,28)(H,26,27)/t16?,17?,18-/m0/s1. The molecule has 1 amide bonds. The van der Waals surface area contributed by atoms with E-state index in [2.05, 4.69) is 5.32 Å². The van der Waals surface area contributed by atoms with Crippen molar-refractivity contribution in [2.45, 2.75) is 77.5 Å². The number of hydrogen-bond acceptors (Lipinski definition) is 5. The van der Waals surface area contributed by atoms with Crippen LogP contribution in [0.5, 0.6) is 0 Å². The second-order valence-electron chi connectivity index (χ2n) is 8.31. The van der Waals surface area contributed by atoms with Crippen molar-refractivity contribution in [3.8, 4) is 0 Å². The number of amides is 1. The molecule has 7 heteroatoms. The molecule has 0 bridgehead atoms. The van der Waals surface area contributed by atoms with E-state index in [1.807, 2.05) is 37.3 Å². The number of carboxylic acid groups (broad SMARTS) is 1. The summed E-state index contributed by atoms with van der Waals surface area (Å²) in [5.41, 5.74) is 6.07. The number of carbonyl (C=O) groups is 3. The van der Waals surface area contributed by atoms with Gasteiger partial charge in [0.05, 0.1) is 6.04 Å². The van der Waals surface area contributed by atoms with Crippen LogP contribution in [0.4, 0.5) is 4.79 Å². The molecule has 2 unspecified atom stereocenters. The van der Waals surface area contributed by atoms with E-state index in [-0.39, 0.29) is 18.9 Å².